The van der Waals surface area contributed by atoms with Gasteiger partial charge in [-0.05, 0) is 11.5 Å². The second kappa shape index (κ2) is 7.71. The molecular formula is C15H19F2NO3. The van der Waals surface area contributed by atoms with Crippen molar-refractivity contribution in [1.82, 2.24) is 5.32 Å². The molecule has 1 rings (SSSR count). The molecule has 0 saturated heterocycles. The number of amides is 1. The monoisotopic (exact) mass is 299 g/mol. The molecule has 0 aromatic heterocycles. The summed E-state index contributed by atoms with van der Waals surface area (Å²) in [5, 5.41) is 11.1. The Bertz CT molecular complexity index is 477. The maximum Gasteiger partial charge on any atom is 0.326 e. The molecule has 0 radical (unpaired) electrons. The highest BCUT2D eigenvalue weighted by molar-refractivity contribution is 5.88. The molecule has 2 unspecified atom stereocenters. The number of hydrogen-bond donors (Lipinski definition) is 2. The lowest BCUT2D eigenvalue weighted by molar-refractivity contribution is -0.143. The summed E-state index contributed by atoms with van der Waals surface area (Å²) in [6, 6.07) is 7.27. The summed E-state index contributed by atoms with van der Waals surface area (Å²) in [6.45, 7) is 3.64. The Morgan fingerprint density at radius 3 is 2.19 bits per heavy atom. The predicted octanol–water partition coefficient (Wildman–Crippen LogP) is 2.65. The van der Waals surface area contributed by atoms with Crippen molar-refractivity contribution in [3.8, 4) is 0 Å². The summed E-state index contributed by atoms with van der Waals surface area (Å²) in [6.07, 6.45) is -3.69. The van der Waals surface area contributed by atoms with E-state index < -0.39 is 36.7 Å². The first-order valence-corrected chi connectivity index (χ1v) is 6.69. The average molecular weight is 299 g/mol. The normalized spacial score (nSPS) is 14.0. The zero-order chi connectivity index (χ0) is 16.0. The van der Waals surface area contributed by atoms with Crippen molar-refractivity contribution >= 4 is 11.9 Å². The average Bonchev–Trinajstić information content (AvgIpc) is 2.38. The molecule has 0 aliphatic rings. The summed E-state index contributed by atoms with van der Waals surface area (Å²) in [5.41, 5.74) is 0.728. The molecule has 4 nitrogen and oxygen atoms in total. The number of alkyl halides is 2. The minimum Gasteiger partial charge on any atom is -0.480 e. The second-order valence-electron chi connectivity index (χ2n) is 5.16. The molecule has 21 heavy (non-hydrogen) atoms. The molecule has 0 heterocycles. The number of aliphatic carboxylic acids is 1. The van der Waals surface area contributed by atoms with Gasteiger partial charge in [-0.25, -0.2) is 13.6 Å². The Balaban J connectivity index is 2.89. The summed E-state index contributed by atoms with van der Waals surface area (Å²) in [4.78, 5) is 23.2. The number of hydrogen-bond acceptors (Lipinski definition) is 2. The minimum absolute atomic E-state index is 0.0894. The van der Waals surface area contributed by atoms with E-state index in [0.717, 1.165) is 5.56 Å². The van der Waals surface area contributed by atoms with Crippen LogP contribution in [0.25, 0.3) is 0 Å². The van der Waals surface area contributed by atoms with Gasteiger partial charge in [-0.1, -0.05) is 44.2 Å². The van der Waals surface area contributed by atoms with Crippen LogP contribution in [0.15, 0.2) is 30.3 Å². The standard InChI is InChI=1S/C15H19F2NO3/c1-9(2)13(10-6-4-3-5-7-10)14(19)18-11(15(20)21)8-12(16)17/h3-7,9,11-13H,8H2,1-2H3,(H,18,19)(H,20,21). The molecule has 116 valence electrons. The predicted molar refractivity (Wildman–Crippen MR) is 74.2 cm³/mol. The third-order valence-electron chi connectivity index (χ3n) is 3.14. The van der Waals surface area contributed by atoms with Gasteiger partial charge in [0.2, 0.25) is 12.3 Å². The number of carbonyl (C=O) groups excluding carboxylic acids is 1. The molecule has 1 aromatic carbocycles. The first kappa shape index (κ1) is 17.1. The fourth-order valence-electron chi connectivity index (χ4n) is 2.16. The molecule has 1 aromatic rings. The Labute approximate surface area is 122 Å². The second-order valence-corrected chi connectivity index (χ2v) is 5.16. The summed E-state index contributed by atoms with van der Waals surface area (Å²) < 4.78 is 24.7. The van der Waals surface area contributed by atoms with Gasteiger partial charge in [-0.15, -0.1) is 0 Å². The first-order chi connectivity index (χ1) is 9.82. The topological polar surface area (TPSA) is 66.4 Å². The number of rotatable bonds is 7. The number of carboxylic acid groups (broad SMARTS) is 1. The van der Waals surface area contributed by atoms with E-state index in [-0.39, 0.29) is 5.92 Å². The van der Waals surface area contributed by atoms with Crippen LogP contribution < -0.4 is 5.32 Å². The van der Waals surface area contributed by atoms with Gasteiger partial charge in [-0.3, -0.25) is 4.79 Å². The van der Waals surface area contributed by atoms with Gasteiger partial charge in [0.25, 0.3) is 0 Å². The largest absolute Gasteiger partial charge is 0.480 e. The van der Waals surface area contributed by atoms with Crippen molar-refractivity contribution in [3.63, 3.8) is 0 Å². The van der Waals surface area contributed by atoms with E-state index in [1.165, 1.54) is 0 Å². The molecule has 0 aliphatic carbocycles. The van der Waals surface area contributed by atoms with Crippen LogP contribution in [0, 0.1) is 5.92 Å². The zero-order valence-corrected chi connectivity index (χ0v) is 11.9. The Morgan fingerprint density at radius 2 is 1.76 bits per heavy atom. The molecule has 6 heteroatoms. The van der Waals surface area contributed by atoms with Gasteiger partial charge in [0, 0.05) is 6.42 Å². The third kappa shape index (κ3) is 5.13. The highest BCUT2D eigenvalue weighted by Gasteiger charge is 2.30. The molecular weight excluding hydrogens is 280 g/mol. The highest BCUT2D eigenvalue weighted by atomic mass is 19.3. The summed E-state index contributed by atoms with van der Waals surface area (Å²) >= 11 is 0. The van der Waals surface area contributed by atoms with Crippen molar-refractivity contribution in [2.45, 2.75) is 38.7 Å². The smallest absolute Gasteiger partial charge is 0.326 e. The first-order valence-electron chi connectivity index (χ1n) is 6.69. The van der Waals surface area contributed by atoms with Crippen molar-refractivity contribution in [2.24, 2.45) is 5.92 Å². The van der Waals surface area contributed by atoms with E-state index >= 15 is 0 Å². The van der Waals surface area contributed by atoms with Crippen molar-refractivity contribution in [1.29, 1.82) is 0 Å². The zero-order valence-electron chi connectivity index (χ0n) is 11.9. The molecule has 0 aliphatic heterocycles. The van der Waals surface area contributed by atoms with Crippen LogP contribution in [0.1, 0.15) is 31.7 Å². The lowest BCUT2D eigenvalue weighted by Crippen LogP contribution is -2.45. The maximum absolute atomic E-state index is 12.4. The van der Waals surface area contributed by atoms with E-state index in [2.05, 4.69) is 5.32 Å². The van der Waals surface area contributed by atoms with E-state index in [9.17, 15) is 18.4 Å². The van der Waals surface area contributed by atoms with Crippen LogP contribution in [0.3, 0.4) is 0 Å². The summed E-state index contributed by atoms with van der Waals surface area (Å²) in [5.74, 6) is -2.68. The van der Waals surface area contributed by atoms with Gasteiger partial charge in [0.15, 0.2) is 0 Å². The molecule has 0 bridgehead atoms. The van der Waals surface area contributed by atoms with Gasteiger partial charge >= 0.3 is 5.97 Å². The number of carboxylic acids is 1. The number of benzene rings is 1. The molecule has 1 amide bonds. The van der Waals surface area contributed by atoms with Crippen molar-refractivity contribution < 1.29 is 23.5 Å². The molecule has 2 atom stereocenters. The van der Waals surface area contributed by atoms with E-state index in [1.54, 1.807) is 30.3 Å². The van der Waals surface area contributed by atoms with E-state index in [0.29, 0.717) is 0 Å². The van der Waals surface area contributed by atoms with Crippen LogP contribution in [0.2, 0.25) is 0 Å². The number of halogens is 2. The van der Waals surface area contributed by atoms with Crippen molar-refractivity contribution in [2.75, 3.05) is 0 Å². The lowest BCUT2D eigenvalue weighted by Gasteiger charge is -2.23. The molecule has 0 saturated carbocycles. The van der Waals surface area contributed by atoms with Gasteiger partial charge in [0.1, 0.15) is 6.04 Å². The Hall–Kier alpha value is -1.98. The van der Waals surface area contributed by atoms with Crippen LogP contribution in [-0.4, -0.2) is 29.5 Å². The molecule has 0 fully saturated rings. The van der Waals surface area contributed by atoms with Gasteiger partial charge < -0.3 is 10.4 Å². The maximum atomic E-state index is 12.4. The quantitative estimate of drug-likeness (QED) is 0.813. The Kier molecular flexibility index (Phi) is 6.27. The molecule has 0 spiro atoms. The minimum atomic E-state index is -2.79. The summed E-state index contributed by atoms with van der Waals surface area (Å²) in [7, 11) is 0. The van der Waals surface area contributed by atoms with Crippen molar-refractivity contribution in [3.05, 3.63) is 35.9 Å². The van der Waals surface area contributed by atoms with Gasteiger partial charge in [-0.2, -0.15) is 0 Å². The van der Waals surface area contributed by atoms with Crippen LogP contribution in [-0.2, 0) is 9.59 Å². The van der Waals surface area contributed by atoms with Crippen LogP contribution in [0.5, 0.6) is 0 Å². The SMILES string of the molecule is CC(C)C(C(=O)NC(CC(F)F)C(=O)O)c1ccccc1. The van der Waals surface area contributed by atoms with E-state index in [4.69, 9.17) is 5.11 Å². The highest BCUT2D eigenvalue weighted by Crippen LogP contribution is 2.24. The number of carbonyl (C=O) groups is 2. The Morgan fingerprint density at radius 1 is 1.19 bits per heavy atom. The van der Waals surface area contributed by atoms with Gasteiger partial charge in [0.05, 0.1) is 5.92 Å². The molecule has 2 N–H and O–H groups in total. The van der Waals surface area contributed by atoms with Crippen LogP contribution >= 0.6 is 0 Å². The number of nitrogens with one attached hydrogen (secondary N) is 1. The third-order valence-corrected chi connectivity index (χ3v) is 3.14. The van der Waals surface area contributed by atoms with Crippen LogP contribution in [0.4, 0.5) is 8.78 Å². The fraction of sp³-hybridized carbons (Fsp3) is 0.467. The fourth-order valence-corrected chi connectivity index (χ4v) is 2.16. The van der Waals surface area contributed by atoms with E-state index in [1.807, 2.05) is 13.8 Å². The lowest BCUT2D eigenvalue weighted by atomic mass is 9.87.